The van der Waals surface area contributed by atoms with E-state index in [4.69, 9.17) is 10.3 Å². The van der Waals surface area contributed by atoms with Gasteiger partial charge in [0.15, 0.2) is 11.6 Å². The second-order valence-corrected chi connectivity index (χ2v) is 6.23. The summed E-state index contributed by atoms with van der Waals surface area (Å²) in [6.45, 7) is 2.24. The Morgan fingerprint density at radius 3 is 2.75 bits per heavy atom. The maximum atomic E-state index is 5.84. The Hall–Kier alpha value is -3.94. The molecule has 4 rings (SSSR count). The van der Waals surface area contributed by atoms with Crippen molar-refractivity contribution in [2.75, 3.05) is 10.6 Å². The van der Waals surface area contributed by atoms with Crippen LogP contribution in [0.5, 0.6) is 0 Å². The number of aryl methyl sites for hydroxylation is 1. The minimum atomic E-state index is 0.372. The van der Waals surface area contributed by atoms with Gasteiger partial charge in [-0.25, -0.2) is 4.98 Å². The lowest BCUT2D eigenvalue weighted by Crippen LogP contribution is -2.19. The molecular formula is C20H19N7O. The van der Waals surface area contributed by atoms with Gasteiger partial charge in [0, 0.05) is 18.3 Å². The molecule has 0 saturated carbocycles. The lowest BCUT2D eigenvalue weighted by Gasteiger charge is -2.18. The number of H-pyrrole nitrogens is 1. The van der Waals surface area contributed by atoms with Gasteiger partial charge in [0.1, 0.15) is 5.82 Å². The third kappa shape index (κ3) is 4.07. The first-order valence-corrected chi connectivity index (χ1v) is 8.74. The molecule has 1 aromatic carbocycles. The molecule has 4 aromatic rings. The number of hydrogen-bond donors (Lipinski definition) is 2. The van der Waals surface area contributed by atoms with Crippen LogP contribution in [0.3, 0.4) is 0 Å². The van der Waals surface area contributed by atoms with Crippen LogP contribution in [-0.2, 0) is 6.54 Å². The van der Waals surface area contributed by atoms with Gasteiger partial charge in [0.25, 0.3) is 0 Å². The number of anilines is 3. The summed E-state index contributed by atoms with van der Waals surface area (Å²) in [7, 11) is 0. The van der Waals surface area contributed by atoms with Crippen LogP contribution in [0, 0.1) is 6.92 Å². The number of aromatic amines is 1. The van der Waals surface area contributed by atoms with E-state index in [1.54, 1.807) is 12.3 Å². The van der Waals surface area contributed by atoms with Crippen molar-refractivity contribution >= 4 is 29.7 Å². The number of nitrogens with zero attached hydrogens (tertiary/aromatic N) is 5. The minimum Gasteiger partial charge on any atom is -0.384 e. The molecule has 0 bridgehead atoms. The fraction of sp³-hybridized carbons (Fsp3) is 0.100. The van der Waals surface area contributed by atoms with E-state index < -0.39 is 0 Å². The van der Waals surface area contributed by atoms with Gasteiger partial charge >= 0.3 is 0 Å². The first-order valence-electron chi connectivity index (χ1n) is 8.74. The molecular weight excluding hydrogens is 354 g/mol. The number of hydrogen-bond acceptors (Lipinski definition) is 7. The van der Waals surface area contributed by atoms with Crippen molar-refractivity contribution in [1.29, 1.82) is 0 Å². The van der Waals surface area contributed by atoms with Gasteiger partial charge in [-0.2, -0.15) is 10.1 Å². The second-order valence-electron chi connectivity index (χ2n) is 6.23. The average Bonchev–Trinajstić information content (AvgIpc) is 3.34. The van der Waals surface area contributed by atoms with E-state index in [0.29, 0.717) is 29.9 Å². The SMILES string of the molecule is Cc1cc(CN(c2cc(C=Cc3ccccc3)[nH]n2)c2nccc(N)n2)on1. The highest BCUT2D eigenvalue weighted by atomic mass is 16.5. The molecule has 0 aliphatic rings. The van der Waals surface area contributed by atoms with Gasteiger partial charge < -0.3 is 10.3 Å². The molecule has 0 amide bonds. The fourth-order valence-electron chi connectivity index (χ4n) is 2.69. The summed E-state index contributed by atoms with van der Waals surface area (Å²) in [5.41, 5.74) is 8.59. The Labute approximate surface area is 161 Å². The number of nitrogens with two attached hydrogens (primary N) is 1. The highest BCUT2D eigenvalue weighted by Gasteiger charge is 2.18. The molecule has 3 aromatic heterocycles. The van der Waals surface area contributed by atoms with Gasteiger partial charge in [-0.1, -0.05) is 41.6 Å². The number of benzene rings is 1. The Morgan fingerprint density at radius 1 is 1.14 bits per heavy atom. The molecule has 0 radical (unpaired) electrons. The van der Waals surface area contributed by atoms with Gasteiger partial charge in [0.05, 0.1) is 17.9 Å². The van der Waals surface area contributed by atoms with Gasteiger partial charge in [-0.15, -0.1) is 0 Å². The van der Waals surface area contributed by atoms with Crippen LogP contribution >= 0.6 is 0 Å². The molecule has 28 heavy (non-hydrogen) atoms. The van der Waals surface area contributed by atoms with Crippen molar-refractivity contribution in [3.63, 3.8) is 0 Å². The highest BCUT2D eigenvalue weighted by Crippen LogP contribution is 2.24. The average molecular weight is 373 g/mol. The van der Waals surface area contributed by atoms with Crippen molar-refractivity contribution in [3.05, 3.63) is 77.4 Å². The van der Waals surface area contributed by atoms with Crippen LogP contribution in [0.25, 0.3) is 12.2 Å². The Balaban J connectivity index is 1.63. The molecule has 0 fully saturated rings. The fourth-order valence-corrected chi connectivity index (χ4v) is 2.69. The zero-order chi connectivity index (χ0) is 19.3. The molecule has 0 aliphatic carbocycles. The molecule has 8 heteroatoms. The molecule has 8 nitrogen and oxygen atoms in total. The van der Waals surface area contributed by atoms with E-state index in [0.717, 1.165) is 17.0 Å². The Kier molecular flexibility index (Phi) is 4.83. The maximum Gasteiger partial charge on any atom is 0.233 e. The summed E-state index contributed by atoms with van der Waals surface area (Å²) >= 11 is 0. The summed E-state index contributed by atoms with van der Waals surface area (Å²) in [6, 6.07) is 15.5. The first kappa shape index (κ1) is 17.5. The standard InChI is InChI=1S/C20H19N7O/c1-14-11-17(28-26-14)13-27(20-22-10-9-18(21)23-20)19-12-16(24-25-19)8-7-15-5-3-2-4-6-15/h2-12H,13H2,1H3,(H,24,25)(H2,21,22,23). The Bertz CT molecular complexity index is 1080. The molecule has 0 unspecified atom stereocenters. The van der Waals surface area contributed by atoms with Crippen LogP contribution in [0.15, 0.2) is 59.3 Å². The predicted molar refractivity (Wildman–Crippen MR) is 107 cm³/mol. The molecule has 140 valence electrons. The van der Waals surface area contributed by atoms with E-state index in [1.165, 1.54) is 0 Å². The zero-order valence-corrected chi connectivity index (χ0v) is 15.3. The van der Waals surface area contributed by atoms with Crippen LogP contribution in [0.4, 0.5) is 17.6 Å². The third-order valence-corrected chi connectivity index (χ3v) is 4.01. The maximum absolute atomic E-state index is 5.84. The lowest BCUT2D eigenvalue weighted by atomic mass is 10.2. The summed E-state index contributed by atoms with van der Waals surface area (Å²) in [5, 5.41) is 11.4. The van der Waals surface area contributed by atoms with Gasteiger partial charge in [-0.05, 0) is 24.6 Å². The molecule has 3 N–H and O–H groups in total. The highest BCUT2D eigenvalue weighted by molar-refractivity contribution is 5.69. The summed E-state index contributed by atoms with van der Waals surface area (Å²) in [4.78, 5) is 10.4. The van der Waals surface area contributed by atoms with Crippen molar-refractivity contribution in [1.82, 2.24) is 25.3 Å². The van der Waals surface area contributed by atoms with E-state index in [-0.39, 0.29) is 0 Å². The number of nitrogens with one attached hydrogen (secondary N) is 1. The largest absolute Gasteiger partial charge is 0.384 e. The quantitative estimate of drug-likeness (QED) is 0.531. The van der Waals surface area contributed by atoms with Crippen LogP contribution < -0.4 is 10.6 Å². The van der Waals surface area contributed by atoms with Gasteiger partial charge in [0.2, 0.25) is 5.95 Å². The monoisotopic (exact) mass is 373 g/mol. The number of aromatic nitrogens is 5. The lowest BCUT2D eigenvalue weighted by molar-refractivity contribution is 0.380. The normalized spacial score (nSPS) is 11.2. The topological polar surface area (TPSA) is 110 Å². The predicted octanol–water partition coefficient (Wildman–Crippen LogP) is 3.59. The van der Waals surface area contributed by atoms with Crippen molar-refractivity contribution in [2.45, 2.75) is 13.5 Å². The van der Waals surface area contributed by atoms with Gasteiger partial charge in [-0.3, -0.25) is 10.00 Å². The molecule has 0 atom stereocenters. The van der Waals surface area contributed by atoms with E-state index in [1.807, 2.05) is 66.4 Å². The van der Waals surface area contributed by atoms with E-state index in [2.05, 4.69) is 25.3 Å². The molecule has 0 spiro atoms. The first-order chi connectivity index (χ1) is 13.7. The molecule has 3 heterocycles. The van der Waals surface area contributed by atoms with Crippen molar-refractivity contribution in [2.24, 2.45) is 0 Å². The zero-order valence-electron chi connectivity index (χ0n) is 15.3. The summed E-state index contributed by atoms with van der Waals surface area (Å²) in [6.07, 6.45) is 5.58. The Morgan fingerprint density at radius 2 is 2.00 bits per heavy atom. The molecule has 0 aliphatic heterocycles. The smallest absolute Gasteiger partial charge is 0.233 e. The van der Waals surface area contributed by atoms with Crippen LogP contribution in [-0.4, -0.2) is 25.3 Å². The van der Waals surface area contributed by atoms with Crippen molar-refractivity contribution in [3.8, 4) is 0 Å². The van der Waals surface area contributed by atoms with Crippen LogP contribution in [0.1, 0.15) is 22.7 Å². The van der Waals surface area contributed by atoms with E-state index in [9.17, 15) is 0 Å². The van der Waals surface area contributed by atoms with Crippen molar-refractivity contribution < 1.29 is 4.52 Å². The number of rotatable bonds is 6. The molecule has 0 saturated heterocycles. The second kappa shape index (κ2) is 7.75. The van der Waals surface area contributed by atoms with E-state index >= 15 is 0 Å². The minimum absolute atomic E-state index is 0.372. The summed E-state index contributed by atoms with van der Waals surface area (Å²) in [5.74, 6) is 2.13. The summed E-state index contributed by atoms with van der Waals surface area (Å²) < 4.78 is 5.35. The number of nitrogen functional groups attached to an aromatic ring is 1. The third-order valence-electron chi connectivity index (χ3n) is 4.01. The van der Waals surface area contributed by atoms with Crippen LogP contribution in [0.2, 0.25) is 0 Å².